The van der Waals surface area contributed by atoms with Crippen molar-refractivity contribution in [3.05, 3.63) is 84.4 Å². The van der Waals surface area contributed by atoms with E-state index in [1.165, 1.54) is 5.56 Å². The van der Waals surface area contributed by atoms with E-state index < -0.39 is 0 Å². The summed E-state index contributed by atoms with van der Waals surface area (Å²) >= 11 is 0. The summed E-state index contributed by atoms with van der Waals surface area (Å²) in [5, 5.41) is 0. The Morgan fingerprint density at radius 3 is 2.07 bits per heavy atom. The quantitative estimate of drug-likeness (QED) is 0.480. The molecule has 0 atom stereocenters. The van der Waals surface area contributed by atoms with Crippen molar-refractivity contribution in [1.82, 2.24) is 15.0 Å². The highest BCUT2D eigenvalue weighted by Crippen LogP contribution is 2.27. The lowest BCUT2D eigenvalue weighted by atomic mass is 10.1. The monoisotopic (exact) mass is 366 g/mol. The van der Waals surface area contributed by atoms with Gasteiger partial charge >= 0.3 is 0 Å². The van der Waals surface area contributed by atoms with Crippen LogP contribution < -0.4 is 5.73 Å². The third kappa shape index (κ3) is 3.76. The van der Waals surface area contributed by atoms with Gasteiger partial charge in [0.2, 0.25) is 0 Å². The predicted octanol–water partition coefficient (Wildman–Crippen LogP) is 5.41. The Morgan fingerprint density at radius 2 is 1.32 bits per heavy atom. The molecule has 0 bridgehead atoms. The minimum Gasteiger partial charge on any atom is -0.398 e. The number of benzene rings is 3. The van der Waals surface area contributed by atoms with E-state index in [1.807, 2.05) is 60.7 Å². The van der Waals surface area contributed by atoms with Gasteiger partial charge in [-0.05, 0) is 30.2 Å². The van der Waals surface area contributed by atoms with Crippen LogP contribution in [0.3, 0.4) is 0 Å². The number of aryl methyl sites for hydroxylation is 1. The molecular formula is C24H22N4. The summed E-state index contributed by atoms with van der Waals surface area (Å²) in [6.45, 7) is 2.18. The topological polar surface area (TPSA) is 64.7 Å². The molecule has 28 heavy (non-hydrogen) atoms. The summed E-state index contributed by atoms with van der Waals surface area (Å²) < 4.78 is 0. The van der Waals surface area contributed by atoms with Gasteiger partial charge in [0.25, 0.3) is 0 Å². The molecule has 0 unspecified atom stereocenters. The lowest BCUT2D eigenvalue weighted by Crippen LogP contribution is -2.02. The summed E-state index contributed by atoms with van der Waals surface area (Å²) in [6.07, 6.45) is 2.13. The van der Waals surface area contributed by atoms with Gasteiger partial charge in [0.05, 0.1) is 0 Å². The fraction of sp³-hybridized carbons (Fsp3) is 0.125. The van der Waals surface area contributed by atoms with Crippen molar-refractivity contribution in [3.63, 3.8) is 0 Å². The van der Waals surface area contributed by atoms with Crippen molar-refractivity contribution in [2.45, 2.75) is 19.8 Å². The van der Waals surface area contributed by atoms with Crippen molar-refractivity contribution in [2.75, 3.05) is 5.73 Å². The molecule has 0 spiro atoms. The maximum atomic E-state index is 6.19. The molecule has 4 rings (SSSR count). The van der Waals surface area contributed by atoms with E-state index in [-0.39, 0.29) is 0 Å². The molecule has 0 fully saturated rings. The third-order valence-corrected chi connectivity index (χ3v) is 4.59. The van der Waals surface area contributed by atoms with Crippen molar-refractivity contribution in [3.8, 4) is 34.2 Å². The summed E-state index contributed by atoms with van der Waals surface area (Å²) in [4.78, 5) is 14.2. The number of nitrogen functional groups attached to an aromatic ring is 1. The van der Waals surface area contributed by atoms with E-state index in [1.54, 1.807) is 0 Å². The van der Waals surface area contributed by atoms with Gasteiger partial charge in [-0.3, -0.25) is 0 Å². The van der Waals surface area contributed by atoms with Gasteiger partial charge in [-0.2, -0.15) is 0 Å². The highest BCUT2D eigenvalue weighted by Gasteiger charge is 2.13. The Bertz CT molecular complexity index is 1090. The number of nitrogens with zero attached hydrogens (tertiary/aromatic N) is 3. The molecule has 1 heterocycles. The molecule has 0 aliphatic carbocycles. The van der Waals surface area contributed by atoms with Crippen LogP contribution in [0.5, 0.6) is 0 Å². The fourth-order valence-corrected chi connectivity index (χ4v) is 3.20. The fourth-order valence-electron chi connectivity index (χ4n) is 3.20. The van der Waals surface area contributed by atoms with Crippen LogP contribution in [0.4, 0.5) is 5.69 Å². The second-order valence-corrected chi connectivity index (χ2v) is 6.71. The van der Waals surface area contributed by atoms with Crippen LogP contribution >= 0.6 is 0 Å². The SMILES string of the molecule is CCCc1cccc(-c2nc(-c3ccccc3)nc(-c3ccccc3N)n2)c1. The highest BCUT2D eigenvalue weighted by molar-refractivity contribution is 5.74. The molecule has 2 N–H and O–H groups in total. The van der Waals surface area contributed by atoms with E-state index in [0.29, 0.717) is 23.2 Å². The maximum Gasteiger partial charge on any atom is 0.166 e. The molecule has 4 aromatic rings. The van der Waals surface area contributed by atoms with E-state index in [0.717, 1.165) is 29.5 Å². The average molecular weight is 366 g/mol. The zero-order chi connectivity index (χ0) is 19.3. The Hall–Kier alpha value is -3.53. The first-order chi connectivity index (χ1) is 13.7. The molecule has 138 valence electrons. The number of nitrogens with two attached hydrogens (primary N) is 1. The summed E-state index contributed by atoms with van der Waals surface area (Å²) in [5.41, 5.74) is 10.9. The Balaban J connectivity index is 1.90. The zero-order valence-electron chi connectivity index (χ0n) is 15.8. The third-order valence-electron chi connectivity index (χ3n) is 4.59. The Kier molecular flexibility index (Phi) is 5.11. The molecule has 0 amide bonds. The van der Waals surface area contributed by atoms with Gasteiger partial charge in [0.15, 0.2) is 17.5 Å². The highest BCUT2D eigenvalue weighted by atomic mass is 15.0. The maximum absolute atomic E-state index is 6.19. The van der Waals surface area contributed by atoms with Gasteiger partial charge in [0.1, 0.15) is 0 Å². The van der Waals surface area contributed by atoms with Gasteiger partial charge in [-0.15, -0.1) is 0 Å². The first-order valence-corrected chi connectivity index (χ1v) is 9.50. The van der Waals surface area contributed by atoms with Gasteiger partial charge in [-0.1, -0.05) is 74.0 Å². The van der Waals surface area contributed by atoms with Crippen LogP contribution in [0, 0.1) is 0 Å². The normalized spacial score (nSPS) is 10.8. The van der Waals surface area contributed by atoms with Crippen molar-refractivity contribution >= 4 is 5.69 Å². The molecule has 1 aromatic heterocycles. The Labute approximate surface area is 165 Å². The van der Waals surface area contributed by atoms with Gasteiger partial charge in [0, 0.05) is 22.4 Å². The van der Waals surface area contributed by atoms with Crippen molar-refractivity contribution < 1.29 is 0 Å². The average Bonchev–Trinajstić information content (AvgIpc) is 2.75. The predicted molar refractivity (Wildman–Crippen MR) is 115 cm³/mol. The second kappa shape index (κ2) is 8.01. The van der Waals surface area contributed by atoms with E-state index in [9.17, 15) is 0 Å². The van der Waals surface area contributed by atoms with Crippen LogP contribution in [0.15, 0.2) is 78.9 Å². The van der Waals surface area contributed by atoms with E-state index >= 15 is 0 Å². The molecule has 0 saturated carbocycles. The Morgan fingerprint density at radius 1 is 0.679 bits per heavy atom. The lowest BCUT2D eigenvalue weighted by Gasteiger charge is -2.10. The first-order valence-electron chi connectivity index (χ1n) is 9.50. The molecule has 0 saturated heterocycles. The van der Waals surface area contributed by atoms with Gasteiger partial charge < -0.3 is 5.73 Å². The van der Waals surface area contributed by atoms with Crippen LogP contribution in [-0.2, 0) is 6.42 Å². The lowest BCUT2D eigenvalue weighted by molar-refractivity contribution is 0.921. The van der Waals surface area contributed by atoms with Crippen molar-refractivity contribution in [2.24, 2.45) is 0 Å². The van der Waals surface area contributed by atoms with Gasteiger partial charge in [-0.25, -0.2) is 15.0 Å². The van der Waals surface area contributed by atoms with E-state index in [2.05, 4.69) is 25.1 Å². The molecule has 3 aromatic carbocycles. The number of anilines is 1. The summed E-state index contributed by atoms with van der Waals surface area (Å²) in [6, 6.07) is 26.0. The van der Waals surface area contributed by atoms with Crippen LogP contribution in [0.25, 0.3) is 34.2 Å². The van der Waals surface area contributed by atoms with Crippen LogP contribution in [0.1, 0.15) is 18.9 Å². The summed E-state index contributed by atoms with van der Waals surface area (Å²) in [5.74, 6) is 1.89. The van der Waals surface area contributed by atoms with Crippen LogP contribution in [0.2, 0.25) is 0 Å². The number of rotatable bonds is 5. The first kappa shape index (κ1) is 17.9. The van der Waals surface area contributed by atoms with E-state index in [4.69, 9.17) is 20.7 Å². The number of para-hydroxylation sites is 1. The number of hydrogen-bond acceptors (Lipinski definition) is 4. The van der Waals surface area contributed by atoms with Crippen molar-refractivity contribution in [1.29, 1.82) is 0 Å². The number of hydrogen-bond donors (Lipinski definition) is 1. The summed E-state index contributed by atoms with van der Waals surface area (Å²) in [7, 11) is 0. The standard InChI is InChI=1S/C24H22N4/c1-2-9-17-10-8-13-19(16-17)23-26-22(18-11-4-3-5-12-18)27-24(28-23)20-14-6-7-15-21(20)25/h3-8,10-16H,2,9,25H2,1H3. The molecule has 4 heteroatoms. The minimum atomic E-state index is 0.586. The largest absolute Gasteiger partial charge is 0.398 e. The molecule has 4 nitrogen and oxygen atoms in total. The molecule has 0 aliphatic rings. The molecule has 0 aliphatic heterocycles. The zero-order valence-corrected chi connectivity index (χ0v) is 15.8. The van der Waals surface area contributed by atoms with Crippen LogP contribution in [-0.4, -0.2) is 15.0 Å². The molecule has 0 radical (unpaired) electrons. The smallest absolute Gasteiger partial charge is 0.166 e. The molecular weight excluding hydrogens is 344 g/mol. The second-order valence-electron chi connectivity index (χ2n) is 6.71. The number of aromatic nitrogens is 3. The minimum absolute atomic E-state index is 0.586.